The van der Waals surface area contributed by atoms with E-state index in [4.69, 9.17) is 0 Å². The molecule has 0 bridgehead atoms. The third-order valence-electron chi connectivity index (χ3n) is 4.05. The van der Waals surface area contributed by atoms with E-state index in [1.807, 2.05) is 16.5 Å². The fourth-order valence-electron chi connectivity index (χ4n) is 2.68. The van der Waals surface area contributed by atoms with Crippen LogP contribution in [0, 0.1) is 5.92 Å². The van der Waals surface area contributed by atoms with Crippen molar-refractivity contribution >= 4 is 22.5 Å². The van der Waals surface area contributed by atoms with Crippen molar-refractivity contribution in [2.24, 2.45) is 5.92 Å². The molecule has 0 saturated carbocycles. The van der Waals surface area contributed by atoms with E-state index < -0.39 is 0 Å². The average Bonchev–Trinajstić information content (AvgIpc) is 3.01. The van der Waals surface area contributed by atoms with Gasteiger partial charge in [0.2, 0.25) is 0 Å². The second-order valence-corrected chi connectivity index (χ2v) is 7.34. The molecule has 1 N–H and O–H groups in total. The van der Waals surface area contributed by atoms with Crippen LogP contribution >= 0.6 is 11.3 Å². The summed E-state index contributed by atoms with van der Waals surface area (Å²) in [6, 6.07) is 0.332. The molecular formula is C16H28N4OS. The molecular weight excluding hydrogens is 296 g/mol. The van der Waals surface area contributed by atoms with Gasteiger partial charge in [-0.2, -0.15) is 0 Å². The molecule has 0 aliphatic carbocycles. The maximum absolute atomic E-state index is 12.3. The molecule has 22 heavy (non-hydrogen) atoms. The topological polar surface area (TPSA) is 48.5 Å². The van der Waals surface area contributed by atoms with Crippen molar-refractivity contribution in [3.05, 3.63) is 11.6 Å². The highest BCUT2D eigenvalue weighted by Crippen LogP contribution is 2.19. The van der Waals surface area contributed by atoms with E-state index >= 15 is 0 Å². The van der Waals surface area contributed by atoms with Crippen molar-refractivity contribution in [3.8, 4) is 0 Å². The van der Waals surface area contributed by atoms with Gasteiger partial charge < -0.3 is 15.1 Å². The minimum absolute atomic E-state index is 0.0795. The third-order valence-corrected chi connectivity index (χ3v) is 4.88. The molecule has 124 valence electrons. The van der Waals surface area contributed by atoms with Gasteiger partial charge in [0.25, 0.3) is 0 Å². The number of anilines is 1. The van der Waals surface area contributed by atoms with Gasteiger partial charge in [-0.1, -0.05) is 26.7 Å². The first kappa shape index (κ1) is 17.1. The Morgan fingerprint density at radius 1 is 1.27 bits per heavy atom. The molecule has 1 aromatic heterocycles. The lowest BCUT2D eigenvalue weighted by atomic mass is 10.0. The SMILES string of the molecule is CC(C)CCCC(C)NC(=O)N1CCN(c2nccs2)CC1. The molecule has 1 aliphatic heterocycles. The number of amides is 2. The van der Waals surface area contributed by atoms with Crippen LogP contribution in [0.3, 0.4) is 0 Å². The summed E-state index contributed by atoms with van der Waals surface area (Å²) in [5, 5.41) is 6.18. The van der Waals surface area contributed by atoms with Crippen LogP contribution < -0.4 is 10.2 Å². The Morgan fingerprint density at radius 3 is 2.59 bits per heavy atom. The summed E-state index contributed by atoms with van der Waals surface area (Å²) < 4.78 is 0. The lowest BCUT2D eigenvalue weighted by Gasteiger charge is -2.35. The van der Waals surface area contributed by atoms with E-state index in [-0.39, 0.29) is 12.1 Å². The van der Waals surface area contributed by atoms with Crippen LogP contribution in [-0.4, -0.2) is 48.1 Å². The van der Waals surface area contributed by atoms with Crippen LogP contribution in [0.5, 0.6) is 0 Å². The quantitative estimate of drug-likeness (QED) is 0.874. The maximum Gasteiger partial charge on any atom is 0.317 e. The van der Waals surface area contributed by atoms with Gasteiger partial charge in [0.1, 0.15) is 0 Å². The predicted molar refractivity (Wildman–Crippen MR) is 92.6 cm³/mol. The van der Waals surface area contributed by atoms with Crippen molar-refractivity contribution in [2.45, 2.75) is 46.1 Å². The normalized spacial score (nSPS) is 16.9. The highest BCUT2D eigenvalue weighted by atomic mass is 32.1. The number of rotatable bonds is 6. The Morgan fingerprint density at radius 2 is 2.00 bits per heavy atom. The summed E-state index contributed by atoms with van der Waals surface area (Å²) in [5.41, 5.74) is 0. The number of nitrogens with one attached hydrogen (secondary N) is 1. The molecule has 1 aliphatic rings. The Kier molecular flexibility index (Phi) is 6.49. The number of urea groups is 1. The van der Waals surface area contributed by atoms with Crippen molar-refractivity contribution in [3.63, 3.8) is 0 Å². The summed E-state index contributed by atoms with van der Waals surface area (Å²) in [4.78, 5) is 20.8. The monoisotopic (exact) mass is 324 g/mol. The van der Waals surface area contributed by atoms with E-state index in [0.29, 0.717) is 0 Å². The zero-order valence-corrected chi connectivity index (χ0v) is 14.7. The van der Waals surface area contributed by atoms with Crippen molar-refractivity contribution in [2.75, 3.05) is 31.1 Å². The summed E-state index contributed by atoms with van der Waals surface area (Å²) in [6.07, 6.45) is 5.30. The van der Waals surface area contributed by atoms with Crippen LogP contribution in [0.1, 0.15) is 40.0 Å². The summed E-state index contributed by atoms with van der Waals surface area (Å²) in [6.45, 7) is 9.85. The van der Waals surface area contributed by atoms with E-state index in [0.717, 1.165) is 43.6 Å². The molecule has 0 radical (unpaired) electrons. The van der Waals surface area contributed by atoms with Crippen molar-refractivity contribution in [1.29, 1.82) is 0 Å². The molecule has 2 rings (SSSR count). The molecule has 0 spiro atoms. The van der Waals surface area contributed by atoms with E-state index in [2.05, 4.69) is 36.0 Å². The van der Waals surface area contributed by atoms with Gasteiger partial charge in [-0.05, 0) is 19.3 Å². The number of hydrogen-bond donors (Lipinski definition) is 1. The first-order valence-corrected chi connectivity index (χ1v) is 9.14. The van der Waals surface area contributed by atoms with Gasteiger partial charge in [-0.25, -0.2) is 9.78 Å². The van der Waals surface area contributed by atoms with E-state index in [1.165, 1.54) is 12.8 Å². The smallest absolute Gasteiger partial charge is 0.317 e. The molecule has 1 fully saturated rings. The standard InChI is InChI=1S/C16H28N4OS/c1-13(2)5-4-6-14(3)18-15(21)19-8-10-20(11-9-19)16-17-7-12-22-16/h7,12-14H,4-6,8-11H2,1-3H3,(H,18,21). The van der Waals surface area contributed by atoms with Gasteiger partial charge in [0, 0.05) is 43.8 Å². The molecule has 1 saturated heterocycles. The first-order valence-electron chi connectivity index (χ1n) is 8.26. The number of carbonyl (C=O) groups excluding carboxylic acids is 1. The van der Waals surface area contributed by atoms with E-state index in [9.17, 15) is 4.79 Å². The molecule has 1 atom stereocenters. The molecule has 6 heteroatoms. The fourth-order valence-corrected chi connectivity index (χ4v) is 3.38. The number of carbonyl (C=O) groups is 1. The second-order valence-electron chi connectivity index (χ2n) is 6.46. The number of aromatic nitrogens is 1. The number of piperazine rings is 1. The Hall–Kier alpha value is -1.30. The second kappa shape index (κ2) is 8.36. The summed E-state index contributed by atoms with van der Waals surface area (Å²) in [7, 11) is 0. The third kappa shape index (κ3) is 5.16. The lowest BCUT2D eigenvalue weighted by Crippen LogP contribution is -2.53. The number of thiazole rings is 1. The van der Waals surface area contributed by atoms with Gasteiger partial charge in [0.05, 0.1) is 0 Å². The number of hydrogen-bond acceptors (Lipinski definition) is 4. The first-order chi connectivity index (χ1) is 10.6. The Balaban J connectivity index is 1.68. The highest BCUT2D eigenvalue weighted by molar-refractivity contribution is 7.13. The summed E-state index contributed by atoms with van der Waals surface area (Å²) >= 11 is 1.66. The Labute approximate surface area is 137 Å². The zero-order chi connectivity index (χ0) is 15.9. The maximum atomic E-state index is 12.3. The molecule has 1 aromatic rings. The summed E-state index contributed by atoms with van der Waals surface area (Å²) in [5.74, 6) is 0.738. The van der Waals surface area contributed by atoms with Crippen LogP contribution in [0.2, 0.25) is 0 Å². The predicted octanol–water partition coefficient (Wildman–Crippen LogP) is 3.19. The van der Waals surface area contributed by atoms with Gasteiger partial charge in [-0.15, -0.1) is 11.3 Å². The molecule has 5 nitrogen and oxygen atoms in total. The van der Waals surface area contributed by atoms with Gasteiger partial charge in [-0.3, -0.25) is 0 Å². The minimum Gasteiger partial charge on any atom is -0.345 e. The Bertz CT molecular complexity index is 441. The van der Waals surface area contributed by atoms with Crippen LogP contribution in [-0.2, 0) is 0 Å². The van der Waals surface area contributed by atoms with Crippen LogP contribution in [0.4, 0.5) is 9.93 Å². The molecule has 2 heterocycles. The van der Waals surface area contributed by atoms with E-state index in [1.54, 1.807) is 11.3 Å². The molecule has 1 unspecified atom stereocenters. The van der Waals surface area contributed by atoms with Crippen LogP contribution in [0.25, 0.3) is 0 Å². The average molecular weight is 324 g/mol. The zero-order valence-electron chi connectivity index (χ0n) is 13.9. The van der Waals surface area contributed by atoms with Crippen molar-refractivity contribution < 1.29 is 4.79 Å². The molecule has 0 aromatic carbocycles. The van der Waals surface area contributed by atoms with Crippen LogP contribution in [0.15, 0.2) is 11.6 Å². The van der Waals surface area contributed by atoms with Crippen molar-refractivity contribution in [1.82, 2.24) is 15.2 Å². The number of nitrogens with zero attached hydrogens (tertiary/aromatic N) is 3. The largest absolute Gasteiger partial charge is 0.345 e. The fraction of sp³-hybridized carbons (Fsp3) is 0.750. The van der Waals surface area contributed by atoms with Gasteiger partial charge >= 0.3 is 6.03 Å². The highest BCUT2D eigenvalue weighted by Gasteiger charge is 2.23. The van der Waals surface area contributed by atoms with Gasteiger partial charge in [0.15, 0.2) is 5.13 Å². The minimum atomic E-state index is 0.0795. The lowest BCUT2D eigenvalue weighted by molar-refractivity contribution is 0.190. The molecule has 2 amide bonds.